The van der Waals surface area contributed by atoms with Gasteiger partial charge in [0.05, 0.1) is 4.47 Å². The van der Waals surface area contributed by atoms with Gasteiger partial charge in [-0.25, -0.2) is 9.78 Å². The van der Waals surface area contributed by atoms with Crippen LogP contribution in [0.25, 0.3) is 0 Å². The van der Waals surface area contributed by atoms with Crippen LogP contribution >= 0.6 is 15.9 Å². The average Bonchev–Trinajstić information content (AvgIpc) is 2.70. The number of aromatic nitrogens is 4. The molecule has 1 N–H and O–H groups in total. The van der Waals surface area contributed by atoms with Gasteiger partial charge in [0.1, 0.15) is 5.82 Å². The second-order valence-electron chi connectivity index (χ2n) is 3.57. The van der Waals surface area contributed by atoms with E-state index < -0.39 is 5.69 Å². The molecule has 0 saturated carbocycles. The minimum Gasteiger partial charge on any atom is -0.333 e. The third kappa shape index (κ3) is 2.38. The normalized spacial score (nSPS) is 10.7. The Kier molecular flexibility index (Phi) is 3.28. The lowest BCUT2D eigenvalue weighted by molar-refractivity contribution is 0.533. The highest BCUT2D eigenvalue weighted by atomic mass is 79.9. The van der Waals surface area contributed by atoms with Crippen LogP contribution in [0.4, 0.5) is 0 Å². The van der Waals surface area contributed by atoms with Gasteiger partial charge in [0.25, 0.3) is 5.56 Å². The van der Waals surface area contributed by atoms with Crippen molar-refractivity contribution in [2.45, 2.75) is 20.0 Å². The highest BCUT2D eigenvalue weighted by molar-refractivity contribution is 9.10. The molecule has 0 aliphatic heterocycles. The standard InChI is InChI=1S/C10H11BrN4O2/c1-7-12-2-3-14(7)4-5-15-9(16)8(11)6-13-10(15)17/h2-3,6H,4-5H2,1H3,(H,13,17). The van der Waals surface area contributed by atoms with Crippen molar-refractivity contribution in [3.63, 3.8) is 0 Å². The molecule has 0 fully saturated rings. The van der Waals surface area contributed by atoms with Crippen LogP contribution in [-0.4, -0.2) is 19.1 Å². The molecule has 90 valence electrons. The maximum atomic E-state index is 11.7. The first-order valence-corrected chi connectivity index (χ1v) is 5.84. The zero-order valence-corrected chi connectivity index (χ0v) is 10.8. The van der Waals surface area contributed by atoms with E-state index in [1.807, 2.05) is 17.7 Å². The molecular weight excluding hydrogens is 288 g/mol. The molecule has 0 aliphatic rings. The van der Waals surface area contributed by atoms with E-state index in [0.29, 0.717) is 17.6 Å². The third-order valence-electron chi connectivity index (χ3n) is 2.51. The fraction of sp³-hybridized carbons (Fsp3) is 0.300. The fourth-order valence-corrected chi connectivity index (χ4v) is 1.87. The average molecular weight is 299 g/mol. The number of nitrogens with one attached hydrogen (secondary N) is 1. The number of hydrogen-bond acceptors (Lipinski definition) is 3. The van der Waals surface area contributed by atoms with Gasteiger partial charge in [-0.1, -0.05) is 0 Å². The second-order valence-corrected chi connectivity index (χ2v) is 4.42. The summed E-state index contributed by atoms with van der Waals surface area (Å²) in [4.78, 5) is 29.8. The van der Waals surface area contributed by atoms with Crippen LogP contribution in [0.1, 0.15) is 5.82 Å². The Morgan fingerprint density at radius 2 is 2.18 bits per heavy atom. The van der Waals surface area contributed by atoms with Crippen LogP contribution in [0.2, 0.25) is 0 Å². The fourth-order valence-electron chi connectivity index (χ4n) is 1.54. The molecule has 2 aromatic heterocycles. The van der Waals surface area contributed by atoms with Crippen molar-refractivity contribution in [2.24, 2.45) is 0 Å². The van der Waals surface area contributed by atoms with Gasteiger partial charge in [-0.3, -0.25) is 9.36 Å². The lowest BCUT2D eigenvalue weighted by atomic mass is 10.5. The van der Waals surface area contributed by atoms with Gasteiger partial charge in [-0.05, 0) is 22.9 Å². The van der Waals surface area contributed by atoms with Crippen LogP contribution in [0.5, 0.6) is 0 Å². The SMILES string of the molecule is Cc1nccn1CCn1c(=O)[nH]cc(Br)c1=O. The molecule has 2 heterocycles. The molecular formula is C10H11BrN4O2. The van der Waals surface area contributed by atoms with E-state index in [4.69, 9.17) is 0 Å². The molecule has 2 aromatic rings. The highest BCUT2D eigenvalue weighted by Gasteiger charge is 2.05. The summed E-state index contributed by atoms with van der Waals surface area (Å²) >= 11 is 3.09. The summed E-state index contributed by atoms with van der Waals surface area (Å²) in [7, 11) is 0. The van der Waals surface area contributed by atoms with Crippen molar-refractivity contribution in [2.75, 3.05) is 0 Å². The minimum absolute atomic E-state index is 0.310. The van der Waals surface area contributed by atoms with Crippen LogP contribution in [0, 0.1) is 6.92 Å². The predicted molar refractivity (Wildman–Crippen MR) is 66.0 cm³/mol. The number of H-pyrrole nitrogens is 1. The van der Waals surface area contributed by atoms with Crippen molar-refractivity contribution < 1.29 is 0 Å². The van der Waals surface area contributed by atoms with E-state index in [1.165, 1.54) is 6.20 Å². The Balaban J connectivity index is 2.26. The Labute approximate surface area is 105 Å². The molecule has 0 spiro atoms. The molecule has 0 saturated heterocycles. The molecule has 0 bridgehead atoms. The third-order valence-corrected chi connectivity index (χ3v) is 3.07. The Hall–Kier alpha value is -1.63. The molecule has 0 amide bonds. The zero-order valence-electron chi connectivity index (χ0n) is 9.18. The number of imidazole rings is 1. The van der Waals surface area contributed by atoms with Gasteiger partial charge < -0.3 is 9.55 Å². The number of halogens is 1. The van der Waals surface area contributed by atoms with Gasteiger partial charge in [0, 0.05) is 31.7 Å². The second kappa shape index (κ2) is 4.70. The number of aromatic amines is 1. The zero-order chi connectivity index (χ0) is 12.4. The van der Waals surface area contributed by atoms with Crippen molar-refractivity contribution in [1.82, 2.24) is 19.1 Å². The van der Waals surface area contributed by atoms with Gasteiger partial charge in [0.15, 0.2) is 0 Å². The quantitative estimate of drug-likeness (QED) is 0.897. The monoisotopic (exact) mass is 298 g/mol. The molecule has 7 heteroatoms. The smallest absolute Gasteiger partial charge is 0.328 e. The van der Waals surface area contributed by atoms with Crippen LogP contribution in [-0.2, 0) is 13.1 Å². The largest absolute Gasteiger partial charge is 0.333 e. The van der Waals surface area contributed by atoms with Crippen molar-refractivity contribution in [3.05, 3.63) is 49.7 Å². The lowest BCUT2D eigenvalue weighted by Crippen LogP contribution is -2.36. The van der Waals surface area contributed by atoms with E-state index in [0.717, 1.165) is 10.4 Å². The van der Waals surface area contributed by atoms with E-state index in [-0.39, 0.29) is 5.56 Å². The van der Waals surface area contributed by atoms with E-state index in [9.17, 15) is 9.59 Å². The first kappa shape index (κ1) is 11.8. The Morgan fingerprint density at radius 3 is 2.82 bits per heavy atom. The summed E-state index contributed by atoms with van der Waals surface area (Å²) in [5, 5.41) is 0. The van der Waals surface area contributed by atoms with Gasteiger partial charge in [-0.2, -0.15) is 0 Å². The number of nitrogens with zero attached hydrogens (tertiary/aromatic N) is 3. The van der Waals surface area contributed by atoms with E-state index in [1.54, 1.807) is 6.20 Å². The summed E-state index contributed by atoms with van der Waals surface area (Å²) in [5.41, 5.74) is -0.734. The first-order valence-electron chi connectivity index (χ1n) is 5.05. The lowest BCUT2D eigenvalue weighted by Gasteiger charge is -2.06. The first-order chi connectivity index (χ1) is 8.09. The van der Waals surface area contributed by atoms with Crippen molar-refractivity contribution in [1.29, 1.82) is 0 Å². The van der Waals surface area contributed by atoms with E-state index >= 15 is 0 Å². The molecule has 2 rings (SSSR count). The molecule has 6 nitrogen and oxygen atoms in total. The molecule has 0 aliphatic carbocycles. The minimum atomic E-state index is -0.407. The van der Waals surface area contributed by atoms with Crippen molar-refractivity contribution in [3.8, 4) is 0 Å². The van der Waals surface area contributed by atoms with Crippen molar-refractivity contribution >= 4 is 15.9 Å². The summed E-state index contributed by atoms with van der Waals surface area (Å²) in [5.74, 6) is 0.851. The van der Waals surface area contributed by atoms with E-state index in [2.05, 4.69) is 25.9 Å². The summed E-state index contributed by atoms with van der Waals surface area (Å²) < 4.78 is 3.38. The van der Waals surface area contributed by atoms with Gasteiger partial charge in [0.2, 0.25) is 0 Å². The van der Waals surface area contributed by atoms with Crippen LogP contribution < -0.4 is 11.2 Å². The van der Waals surface area contributed by atoms with Gasteiger partial charge >= 0.3 is 5.69 Å². The maximum absolute atomic E-state index is 11.7. The number of hydrogen-bond donors (Lipinski definition) is 1. The molecule has 0 unspecified atom stereocenters. The number of aryl methyl sites for hydroxylation is 2. The maximum Gasteiger partial charge on any atom is 0.328 e. The van der Waals surface area contributed by atoms with Crippen LogP contribution in [0.15, 0.2) is 32.7 Å². The topological polar surface area (TPSA) is 72.7 Å². The Bertz CT molecular complexity index is 640. The highest BCUT2D eigenvalue weighted by Crippen LogP contribution is 1.98. The van der Waals surface area contributed by atoms with Crippen LogP contribution in [0.3, 0.4) is 0 Å². The van der Waals surface area contributed by atoms with Gasteiger partial charge in [-0.15, -0.1) is 0 Å². The predicted octanol–water partition coefficient (Wildman–Crippen LogP) is 0.504. The molecule has 0 aromatic carbocycles. The summed E-state index contributed by atoms with van der Waals surface area (Å²) in [6.07, 6.45) is 4.85. The molecule has 0 radical (unpaired) electrons. The molecule has 17 heavy (non-hydrogen) atoms. The molecule has 0 atom stereocenters. The Morgan fingerprint density at radius 1 is 1.41 bits per heavy atom. The summed E-state index contributed by atoms with van der Waals surface area (Å²) in [6, 6.07) is 0. The number of rotatable bonds is 3. The summed E-state index contributed by atoms with van der Waals surface area (Å²) in [6.45, 7) is 2.71.